The normalized spacial score (nSPS) is 26.6. The molecule has 2 fully saturated rings. The van der Waals surface area contributed by atoms with Crippen molar-refractivity contribution in [3.63, 3.8) is 0 Å². The summed E-state index contributed by atoms with van der Waals surface area (Å²) >= 11 is 0. The van der Waals surface area contributed by atoms with Gasteiger partial charge in [-0.2, -0.15) is 0 Å². The van der Waals surface area contributed by atoms with Crippen LogP contribution in [-0.4, -0.2) is 47.3 Å². The van der Waals surface area contributed by atoms with Crippen LogP contribution in [0.5, 0.6) is 0 Å². The number of rotatable bonds is 5. The molecule has 3 aliphatic rings. The van der Waals surface area contributed by atoms with Crippen LogP contribution < -0.4 is 0 Å². The number of likely N-dealkylation sites (tertiary alicyclic amines) is 1. The Morgan fingerprint density at radius 3 is 2.24 bits per heavy atom. The summed E-state index contributed by atoms with van der Waals surface area (Å²) in [5, 5.41) is 0. The molecule has 0 spiro atoms. The predicted molar refractivity (Wildman–Crippen MR) is 97.6 cm³/mol. The zero-order chi connectivity index (χ0) is 17.2. The zero-order valence-electron chi connectivity index (χ0n) is 15.0. The number of carbonyl (C=O) groups excluding carboxylic acids is 2. The zero-order valence-corrected chi connectivity index (χ0v) is 15.0. The Balaban J connectivity index is 1.27. The first kappa shape index (κ1) is 16.8. The SMILES string of the molecule is O=C1c2ccccc2C(=O)N1CCCCN1CCC[C@@H]2CCCC[C@H]21. The van der Waals surface area contributed by atoms with E-state index >= 15 is 0 Å². The molecule has 134 valence electrons. The molecule has 0 aromatic heterocycles. The number of piperidine rings is 1. The molecule has 2 aliphatic heterocycles. The van der Waals surface area contributed by atoms with Crippen molar-refractivity contribution in [2.24, 2.45) is 5.92 Å². The van der Waals surface area contributed by atoms with E-state index in [0.717, 1.165) is 31.3 Å². The van der Waals surface area contributed by atoms with E-state index in [4.69, 9.17) is 0 Å². The molecule has 0 radical (unpaired) electrons. The lowest BCUT2D eigenvalue weighted by atomic mass is 9.78. The van der Waals surface area contributed by atoms with E-state index in [1.165, 1.54) is 50.0 Å². The Morgan fingerprint density at radius 1 is 0.840 bits per heavy atom. The Labute approximate surface area is 150 Å². The molecule has 4 rings (SSSR count). The van der Waals surface area contributed by atoms with Gasteiger partial charge in [0.1, 0.15) is 0 Å². The van der Waals surface area contributed by atoms with Crippen molar-refractivity contribution in [3.8, 4) is 0 Å². The maximum Gasteiger partial charge on any atom is 0.261 e. The van der Waals surface area contributed by atoms with Crippen LogP contribution in [0.3, 0.4) is 0 Å². The molecule has 1 aliphatic carbocycles. The largest absolute Gasteiger partial charge is 0.300 e. The molecule has 0 bridgehead atoms. The summed E-state index contributed by atoms with van der Waals surface area (Å²) < 4.78 is 0. The minimum absolute atomic E-state index is 0.120. The summed E-state index contributed by atoms with van der Waals surface area (Å²) in [6.07, 6.45) is 10.3. The highest BCUT2D eigenvalue weighted by Crippen LogP contribution is 2.35. The topological polar surface area (TPSA) is 40.6 Å². The van der Waals surface area contributed by atoms with Gasteiger partial charge in [-0.3, -0.25) is 14.5 Å². The van der Waals surface area contributed by atoms with Gasteiger partial charge in [0.05, 0.1) is 11.1 Å². The van der Waals surface area contributed by atoms with E-state index in [1.807, 2.05) is 12.1 Å². The quantitative estimate of drug-likeness (QED) is 0.606. The fourth-order valence-electron chi connectivity index (χ4n) is 5.03. The van der Waals surface area contributed by atoms with Gasteiger partial charge >= 0.3 is 0 Å². The molecule has 2 amide bonds. The first-order valence-corrected chi connectivity index (χ1v) is 9.95. The second-order valence-corrected chi connectivity index (χ2v) is 7.80. The lowest BCUT2D eigenvalue weighted by molar-refractivity contribution is 0.0567. The molecule has 1 aromatic carbocycles. The van der Waals surface area contributed by atoms with Crippen molar-refractivity contribution in [1.29, 1.82) is 0 Å². The fourth-order valence-corrected chi connectivity index (χ4v) is 5.03. The first-order valence-electron chi connectivity index (χ1n) is 9.95. The predicted octanol–water partition coefficient (Wildman–Crippen LogP) is 3.72. The van der Waals surface area contributed by atoms with Crippen LogP contribution >= 0.6 is 0 Å². The van der Waals surface area contributed by atoms with E-state index in [9.17, 15) is 9.59 Å². The number of carbonyl (C=O) groups is 2. The molecule has 4 heteroatoms. The molecular formula is C21H28N2O2. The molecule has 1 saturated heterocycles. The van der Waals surface area contributed by atoms with Gasteiger partial charge in [0.15, 0.2) is 0 Å². The van der Waals surface area contributed by atoms with Crippen molar-refractivity contribution < 1.29 is 9.59 Å². The highest BCUT2D eigenvalue weighted by atomic mass is 16.2. The van der Waals surface area contributed by atoms with E-state index in [1.54, 1.807) is 12.1 Å². The lowest BCUT2D eigenvalue weighted by Gasteiger charge is -2.44. The summed E-state index contributed by atoms with van der Waals surface area (Å²) in [5.74, 6) is 0.676. The van der Waals surface area contributed by atoms with Crippen molar-refractivity contribution in [1.82, 2.24) is 9.80 Å². The van der Waals surface area contributed by atoms with Crippen LogP contribution in [0.25, 0.3) is 0 Å². The van der Waals surface area contributed by atoms with Gasteiger partial charge in [-0.05, 0) is 69.7 Å². The number of unbranched alkanes of at least 4 members (excludes halogenated alkanes) is 1. The fraction of sp³-hybridized carbons (Fsp3) is 0.619. The number of amides is 2. The lowest BCUT2D eigenvalue weighted by Crippen LogP contribution is -2.47. The number of nitrogens with zero attached hydrogens (tertiary/aromatic N) is 2. The number of hydrogen-bond donors (Lipinski definition) is 0. The molecule has 1 aromatic rings. The molecule has 0 N–H and O–H groups in total. The molecule has 4 nitrogen and oxygen atoms in total. The van der Waals surface area contributed by atoms with Crippen molar-refractivity contribution in [2.45, 2.75) is 57.4 Å². The Morgan fingerprint density at radius 2 is 1.48 bits per heavy atom. The van der Waals surface area contributed by atoms with Crippen molar-refractivity contribution in [3.05, 3.63) is 35.4 Å². The monoisotopic (exact) mass is 340 g/mol. The van der Waals surface area contributed by atoms with Gasteiger partial charge in [-0.1, -0.05) is 25.0 Å². The molecule has 25 heavy (non-hydrogen) atoms. The molecule has 2 atom stereocenters. The standard InChI is InChI=1S/C21H28N2O2/c24-20-17-10-2-3-11-18(17)21(25)23(20)15-6-5-13-22-14-7-9-16-8-1-4-12-19(16)22/h2-3,10-11,16,19H,1,4-9,12-15H2/t16-,19+/m0/s1. The molecule has 2 heterocycles. The Bertz CT molecular complexity index is 620. The van der Waals surface area contributed by atoms with E-state index in [-0.39, 0.29) is 11.8 Å². The number of hydrogen-bond acceptors (Lipinski definition) is 3. The van der Waals surface area contributed by atoms with E-state index in [2.05, 4.69) is 4.90 Å². The highest BCUT2D eigenvalue weighted by molar-refractivity contribution is 6.21. The van der Waals surface area contributed by atoms with Gasteiger partial charge in [0.2, 0.25) is 0 Å². The van der Waals surface area contributed by atoms with Crippen molar-refractivity contribution in [2.75, 3.05) is 19.6 Å². The third-order valence-corrected chi connectivity index (χ3v) is 6.31. The average molecular weight is 340 g/mol. The number of benzene rings is 1. The summed E-state index contributed by atoms with van der Waals surface area (Å²) in [6, 6.07) is 7.95. The van der Waals surface area contributed by atoms with E-state index in [0.29, 0.717) is 17.7 Å². The van der Waals surface area contributed by atoms with Crippen LogP contribution in [0.15, 0.2) is 24.3 Å². The smallest absolute Gasteiger partial charge is 0.261 e. The summed E-state index contributed by atoms with van der Waals surface area (Å²) in [7, 11) is 0. The van der Waals surface area contributed by atoms with Crippen molar-refractivity contribution >= 4 is 11.8 Å². The third-order valence-electron chi connectivity index (χ3n) is 6.31. The Kier molecular flexibility index (Phi) is 4.89. The number of imide groups is 1. The second kappa shape index (κ2) is 7.28. The van der Waals surface area contributed by atoms with Gasteiger partial charge in [0, 0.05) is 12.6 Å². The van der Waals surface area contributed by atoms with Gasteiger partial charge in [-0.25, -0.2) is 0 Å². The summed E-state index contributed by atoms with van der Waals surface area (Å²) in [5.41, 5.74) is 1.13. The summed E-state index contributed by atoms with van der Waals surface area (Å²) in [6.45, 7) is 2.90. The highest BCUT2D eigenvalue weighted by Gasteiger charge is 2.35. The van der Waals surface area contributed by atoms with E-state index < -0.39 is 0 Å². The van der Waals surface area contributed by atoms with Crippen LogP contribution in [0.4, 0.5) is 0 Å². The minimum atomic E-state index is -0.120. The molecular weight excluding hydrogens is 312 g/mol. The Hall–Kier alpha value is -1.68. The van der Waals surface area contributed by atoms with Gasteiger partial charge < -0.3 is 4.90 Å². The maximum absolute atomic E-state index is 12.4. The van der Waals surface area contributed by atoms with Crippen LogP contribution in [-0.2, 0) is 0 Å². The number of fused-ring (bicyclic) bond motifs is 2. The third kappa shape index (κ3) is 3.24. The van der Waals surface area contributed by atoms with Crippen LogP contribution in [0.1, 0.15) is 72.1 Å². The van der Waals surface area contributed by atoms with Gasteiger partial charge in [-0.15, -0.1) is 0 Å². The molecule has 1 saturated carbocycles. The first-order chi connectivity index (χ1) is 12.3. The van der Waals surface area contributed by atoms with Crippen LogP contribution in [0.2, 0.25) is 0 Å². The maximum atomic E-state index is 12.4. The second-order valence-electron chi connectivity index (χ2n) is 7.80. The summed E-state index contributed by atoms with van der Waals surface area (Å²) in [4.78, 5) is 28.9. The van der Waals surface area contributed by atoms with Crippen LogP contribution in [0, 0.1) is 5.92 Å². The van der Waals surface area contributed by atoms with Gasteiger partial charge in [0.25, 0.3) is 11.8 Å². The average Bonchev–Trinajstić information content (AvgIpc) is 2.90. The molecule has 0 unspecified atom stereocenters. The minimum Gasteiger partial charge on any atom is -0.300 e.